The predicted molar refractivity (Wildman–Crippen MR) is 69.9 cm³/mol. The third-order valence-electron chi connectivity index (χ3n) is 3.36. The van der Waals surface area contributed by atoms with Crippen molar-refractivity contribution in [2.45, 2.75) is 19.9 Å². The summed E-state index contributed by atoms with van der Waals surface area (Å²) < 4.78 is 28.5. The highest BCUT2D eigenvalue weighted by Crippen LogP contribution is 2.28. The highest BCUT2D eigenvalue weighted by Gasteiger charge is 2.21. The van der Waals surface area contributed by atoms with Crippen molar-refractivity contribution in [2.75, 3.05) is 7.05 Å². The smallest absolute Gasteiger partial charge is 0.126 e. The minimum absolute atomic E-state index is 0.279. The van der Waals surface area contributed by atoms with E-state index in [1.165, 1.54) is 12.1 Å². The normalized spacial score (nSPS) is 12.7. The molecule has 0 bridgehead atoms. The third-order valence-corrected chi connectivity index (χ3v) is 3.36. The van der Waals surface area contributed by atoms with Crippen molar-refractivity contribution in [1.29, 1.82) is 0 Å². The molecule has 0 saturated carbocycles. The van der Waals surface area contributed by atoms with Gasteiger partial charge in [0.1, 0.15) is 11.6 Å². The molecule has 0 spiro atoms. The van der Waals surface area contributed by atoms with Gasteiger partial charge in [-0.3, -0.25) is 4.68 Å². The summed E-state index contributed by atoms with van der Waals surface area (Å²) in [4.78, 5) is 0. The second-order valence-corrected chi connectivity index (χ2v) is 4.63. The first kappa shape index (κ1) is 13.7. The second kappa shape index (κ2) is 5.09. The molecule has 0 saturated heterocycles. The Bertz CT molecular complexity index is 585. The monoisotopic (exact) mass is 265 g/mol. The molecule has 0 amide bonds. The molecular formula is C14H17F2N3. The van der Waals surface area contributed by atoms with Crippen LogP contribution in [0.15, 0.2) is 18.2 Å². The second-order valence-electron chi connectivity index (χ2n) is 4.63. The SMILES string of the molecule is CNC(c1cc(F)cc(F)c1)c1c(C)nn(C)c1C. The van der Waals surface area contributed by atoms with Crippen LogP contribution in [0.25, 0.3) is 0 Å². The van der Waals surface area contributed by atoms with E-state index in [0.717, 1.165) is 23.0 Å². The highest BCUT2D eigenvalue weighted by atomic mass is 19.1. The van der Waals surface area contributed by atoms with Gasteiger partial charge in [0, 0.05) is 24.4 Å². The molecule has 1 unspecified atom stereocenters. The molecule has 0 radical (unpaired) electrons. The van der Waals surface area contributed by atoms with Crippen LogP contribution in [0.1, 0.15) is 28.6 Å². The summed E-state index contributed by atoms with van der Waals surface area (Å²) in [5.74, 6) is -1.15. The maximum absolute atomic E-state index is 13.4. The summed E-state index contributed by atoms with van der Waals surface area (Å²) in [6, 6.07) is 3.28. The molecule has 2 aromatic rings. The molecule has 0 aliphatic heterocycles. The molecule has 0 fully saturated rings. The van der Waals surface area contributed by atoms with Gasteiger partial charge in [-0.25, -0.2) is 8.78 Å². The minimum Gasteiger partial charge on any atom is -0.309 e. The van der Waals surface area contributed by atoms with Gasteiger partial charge in [-0.15, -0.1) is 0 Å². The van der Waals surface area contributed by atoms with Gasteiger partial charge in [0.15, 0.2) is 0 Å². The first-order valence-electron chi connectivity index (χ1n) is 6.07. The van der Waals surface area contributed by atoms with Crippen LogP contribution in [0, 0.1) is 25.5 Å². The lowest BCUT2D eigenvalue weighted by Gasteiger charge is -2.18. The fourth-order valence-electron chi connectivity index (χ4n) is 2.43. The van der Waals surface area contributed by atoms with Gasteiger partial charge >= 0.3 is 0 Å². The molecular weight excluding hydrogens is 248 g/mol. The van der Waals surface area contributed by atoms with Crippen LogP contribution in [0.2, 0.25) is 0 Å². The fraction of sp³-hybridized carbons (Fsp3) is 0.357. The zero-order valence-electron chi connectivity index (χ0n) is 11.5. The Morgan fingerprint density at radius 3 is 2.16 bits per heavy atom. The Morgan fingerprint density at radius 1 is 1.16 bits per heavy atom. The van der Waals surface area contributed by atoms with Crippen LogP contribution in [0.5, 0.6) is 0 Å². The van der Waals surface area contributed by atoms with Crippen LogP contribution >= 0.6 is 0 Å². The van der Waals surface area contributed by atoms with Crippen molar-refractivity contribution < 1.29 is 8.78 Å². The number of rotatable bonds is 3. The van der Waals surface area contributed by atoms with Crippen molar-refractivity contribution in [3.05, 3.63) is 52.3 Å². The molecule has 102 valence electrons. The number of halogens is 2. The first-order chi connectivity index (χ1) is 8.93. The lowest BCUT2D eigenvalue weighted by molar-refractivity contribution is 0.571. The standard InChI is InChI=1S/C14H17F2N3/c1-8-13(9(2)19(4)18-8)14(17-3)10-5-11(15)7-12(16)6-10/h5-7,14,17H,1-4H3. The Morgan fingerprint density at radius 2 is 1.74 bits per heavy atom. The van der Waals surface area contributed by atoms with Gasteiger partial charge in [-0.05, 0) is 38.6 Å². The van der Waals surface area contributed by atoms with E-state index in [9.17, 15) is 8.78 Å². The molecule has 0 aliphatic carbocycles. The molecule has 5 heteroatoms. The number of hydrogen-bond acceptors (Lipinski definition) is 2. The van der Waals surface area contributed by atoms with Crippen molar-refractivity contribution in [1.82, 2.24) is 15.1 Å². The summed E-state index contributed by atoms with van der Waals surface area (Å²) in [5.41, 5.74) is 3.33. The average molecular weight is 265 g/mol. The predicted octanol–water partition coefficient (Wildman–Crippen LogP) is 2.62. The maximum Gasteiger partial charge on any atom is 0.126 e. The summed E-state index contributed by atoms with van der Waals surface area (Å²) >= 11 is 0. The van der Waals surface area contributed by atoms with Crippen LogP contribution in [0.4, 0.5) is 8.78 Å². The maximum atomic E-state index is 13.4. The van der Waals surface area contributed by atoms with E-state index in [-0.39, 0.29) is 6.04 Å². The van der Waals surface area contributed by atoms with Crippen molar-refractivity contribution in [3.8, 4) is 0 Å². The van der Waals surface area contributed by atoms with Gasteiger partial charge in [0.2, 0.25) is 0 Å². The molecule has 3 nitrogen and oxygen atoms in total. The zero-order valence-corrected chi connectivity index (χ0v) is 11.5. The van der Waals surface area contributed by atoms with Crippen molar-refractivity contribution >= 4 is 0 Å². The van der Waals surface area contributed by atoms with E-state index in [1.807, 2.05) is 20.9 Å². The first-order valence-corrected chi connectivity index (χ1v) is 6.07. The van der Waals surface area contributed by atoms with E-state index in [1.54, 1.807) is 11.7 Å². The number of benzene rings is 1. The van der Waals surface area contributed by atoms with Crippen LogP contribution in [-0.2, 0) is 7.05 Å². The fourth-order valence-corrected chi connectivity index (χ4v) is 2.43. The van der Waals surface area contributed by atoms with Crippen LogP contribution in [0.3, 0.4) is 0 Å². The van der Waals surface area contributed by atoms with Crippen molar-refractivity contribution in [2.24, 2.45) is 7.05 Å². The van der Waals surface area contributed by atoms with E-state index in [0.29, 0.717) is 5.56 Å². The number of nitrogens with one attached hydrogen (secondary N) is 1. The molecule has 2 rings (SSSR count). The summed E-state index contributed by atoms with van der Waals surface area (Å²) in [5, 5.41) is 7.44. The van der Waals surface area contributed by atoms with Gasteiger partial charge in [-0.2, -0.15) is 5.10 Å². The largest absolute Gasteiger partial charge is 0.309 e. The number of aryl methyl sites for hydroxylation is 2. The lowest BCUT2D eigenvalue weighted by Crippen LogP contribution is -2.19. The van der Waals surface area contributed by atoms with Gasteiger partial charge in [0.25, 0.3) is 0 Å². The topological polar surface area (TPSA) is 29.9 Å². The van der Waals surface area contributed by atoms with Crippen LogP contribution < -0.4 is 5.32 Å². The van der Waals surface area contributed by atoms with Gasteiger partial charge in [0.05, 0.1) is 11.7 Å². The summed E-state index contributed by atoms with van der Waals surface area (Å²) in [6.45, 7) is 3.83. The molecule has 1 atom stereocenters. The molecule has 1 aromatic carbocycles. The highest BCUT2D eigenvalue weighted by molar-refractivity contribution is 5.37. The minimum atomic E-state index is -0.575. The van der Waals surface area contributed by atoms with E-state index < -0.39 is 11.6 Å². The Balaban J connectivity index is 2.56. The molecule has 0 aliphatic rings. The lowest BCUT2D eigenvalue weighted by atomic mass is 9.97. The Kier molecular flexibility index (Phi) is 3.66. The third kappa shape index (κ3) is 2.51. The quantitative estimate of drug-likeness (QED) is 0.924. The Labute approximate surface area is 111 Å². The van der Waals surface area contributed by atoms with Crippen LogP contribution in [-0.4, -0.2) is 16.8 Å². The number of nitrogens with zero attached hydrogens (tertiary/aromatic N) is 2. The molecule has 1 heterocycles. The van der Waals surface area contributed by atoms with E-state index in [2.05, 4.69) is 10.4 Å². The number of hydrogen-bond donors (Lipinski definition) is 1. The zero-order chi connectivity index (χ0) is 14.2. The average Bonchev–Trinajstić information content (AvgIpc) is 2.56. The summed E-state index contributed by atoms with van der Waals surface area (Å²) in [7, 11) is 3.62. The molecule has 19 heavy (non-hydrogen) atoms. The Hall–Kier alpha value is -1.75. The van der Waals surface area contributed by atoms with E-state index >= 15 is 0 Å². The number of aromatic nitrogens is 2. The van der Waals surface area contributed by atoms with E-state index in [4.69, 9.17) is 0 Å². The summed E-state index contributed by atoms with van der Waals surface area (Å²) in [6.07, 6.45) is 0. The molecule has 1 aromatic heterocycles. The van der Waals surface area contributed by atoms with Gasteiger partial charge < -0.3 is 5.32 Å². The van der Waals surface area contributed by atoms with Crippen molar-refractivity contribution in [3.63, 3.8) is 0 Å². The molecule has 1 N–H and O–H groups in total. The van der Waals surface area contributed by atoms with Gasteiger partial charge in [-0.1, -0.05) is 0 Å².